The van der Waals surface area contributed by atoms with E-state index in [0.29, 0.717) is 17.9 Å². The Morgan fingerprint density at radius 2 is 2.17 bits per heavy atom. The Bertz CT molecular complexity index is 432. The van der Waals surface area contributed by atoms with Crippen LogP contribution in [0.5, 0.6) is 5.75 Å². The highest BCUT2D eigenvalue weighted by Gasteiger charge is 2.19. The number of carbonyl (C=O) groups is 1. The topological polar surface area (TPSA) is 58.6 Å². The van der Waals surface area contributed by atoms with Crippen LogP contribution in [0.15, 0.2) is 22.7 Å². The third-order valence-electron chi connectivity index (χ3n) is 2.56. The number of methoxy groups -OCH3 is 1. The molecule has 1 amide bonds. The van der Waals surface area contributed by atoms with Gasteiger partial charge in [-0.2, -0.15) is 0 Å². The fourth-order valence-corrected chi connectivity index (χ4v) is 1.66. The largest absolute Gasteiger partial charge is 0.496 e. The number of amides is 1. The van der Waals surface area contributed by atoms with Crippen molar-refractivity contribution in [3.05, 3.63) is 28.2 Å². The first-order valence-electron chi connectivity index (χ1n) is 5.62. The molecule has 1 aromatic carbocycles. The van der Waals surface area contributed by atoms with Gasteiger partial charge in [0.2, 0.25) is 0 Å². The van der Waals surface area contributed by atoms with Crippen LogP contribution in [0.4, 0.5) is 0 Å². The number of rotatable bonds is 5. The van der Waals surface area contributed by atoms with Crippen molar-refractivity contribution in [1.82, 2.24) is 5.32 Å². The number of benzene rings is 1. The second-order valence-electron chi connectivity index (χ2n) is 4.85. The summed E-state index contributed by atoms with van der Waals surface area (Å²) in [6.07, 6.45) is 0. The molecule has 2 N–H and O–H groups in total. The summed E-state index contributed by atoms with van der Waals surface area (Å²) < 4.78 is 6.02. The average molecular weight is 316 g/mol. The molecule has 0 aliphatic carbocycles. The molecule has 0 aromatic heterocycles. The summed E-state index contributed by atoms with van der Waals surface area (Å²) in [5, 5.41) is 11.9. The minimum Gasteiger partial charge on any atom is -0.496 e. The van der Waals surface area contributed by atoms with Crippen LogP contribution >= 0.6 is 15.9 Å². The molecule has 1 rings (SSSR count). The molecule has 0 spiro atoms. The lowest BCUT2D eigenvalue weighted by Crippen LogP contribution is -2.36. The first-order chi connectivity index (χ1) is 8.39. The fraction of sp³-hybridized carbons (Fsp3) is 0.462. The lowest BCUT2D eigenvalue weighted by Gasteiger charge is -2.22. The maximum atomic E-state index is 12.0. The molecule has 0 fully saturated rings. The highest BCUT2D eigenvalue weighted by Crippen LogP contribution is 2.23. The Hall–Kier alpha value is -1.07. The van der Waals surface area contributed by atoms with Gasteiger partial charge in [0.25, 0.3) is 5.91 Å². The number of aliphatic hydroxyl groups excluding tert-OH is 1. The molecule has 5 heteroatoms. The van der Waals surface area contributed by atoms with Gasteiger partial charge < -0.3 is 15.2 Å². The molecule has 0 unspecified atom stereocenters. The number of hydrogen-bond acceptors (Lipinski definition) is 3. The van der Waals surface area contributed by atoms with Crippen LogP contribution < -0.4 is 10.1 Å². The van der Waals surface area contributed by atoms with Crippen LogP contribution in [0.1, 0.15) is 24.2 Å². The molecular weight excluding hydrogens is 298 g/mol. The fourth-order valence-electron chi connectivity index (χ4n) is 1.32. The van der Waals surface area contributed by atoms with Gasteiger partial charge >= 0.3 is 0 Å². The van der Waals surface area contributed by atoms with Gasteiger partial charge in [-0.15, -0.1) is 0 Å². The van der Waals surface area contributed by atoms with Gasteiger partial charge in [0.05, 0.1) is 12.7 Å². The molecule has 18 heavy (non-hydrogen) atoms. The minimum atomic E-state index is -0.335. The molecule has 100 valence electrons. The summed E-state index contributed by atoms with van der Waals surface area (Å²) >= 11 is 3.32. The normalized spacial score (nSPS) is 11.2. The van der Waals surface area contributed by atoms with Crippen molar-refractivity contribution in [1.29, 1.82) is 0 Å². The lowest BCUT2D eigenvalue weighted by atomic mass is 9.95. The van der Waals surface area contributed by atoms with Crippen LogP contribution in [0.3, 0.4) is 0 Å². The van der Waals surface area contributed by atoms with Gasteiger partial charge in [0, 0.05) is 23.0 Å². The van der Waals surface area contributed by atoms with E-state index in [4.69, 9.17) is 9.84 Å². The summed E-state index contributed by atoms with van der Waals surface area (Å²) in [6, 6.07) is 5.23. The SMILES string of the molecule is COc1cc(Br)ccc1C(=O)NCC(C)(C)CO. The standard InChI is InChI=1S/C13H18BrNO3/c1-13(2,8-16)7-15-12(17)10-5-4-9(14)6-11(10)18-3/h4-6,16H,7-8H2,1-3H3,(H,15,17). The molecule has 0 radical (unpaired) electrons. The Morgan fingerprint density at radius 3 is 2.72 bits per heavy atom. The monoisotopic (exact) mass is 315 g/mol. The maximum Gasteiger partial charge on any atom is 0.255 e. The van der Waals surface area contributed by atoms with Gasteiger partial charge in [0.1, 0.15) is 5.75 Å². The zero-order chi connectivity index (χ0) is 13.8. The highest BCUT2D eigenvalue weighted by molar-refractivity contribution is 9.10. The molecule has 0 aliphatic heterocycles. The number of carbonyl (C=O) groups excluding carboxylic acids is 1. The van der Waals surface area contributed by atoms with Crippen molar-refractivity contribution >= 4 is 21.8 Å². The number of hydrogen-bond donors (Lipinski definition) is 2. The van der Waals surface area contributed by atoms with Gasteiger partial charge in [0.15, 0.2) is 0 Å². The Balaban J connectivity index is 2.79. The lowest BCUT2D eigenvalue weighted by molar-refractivity contribution is 0.0908. The summed E-state index contributed by atoms with van der Waals surface area (Å²) in [4.78, 5) is 12.0. The summed E-state index contributed by atoms with van der Waals surface area (Å²) in [7, 11) is 1.52. The van der Waals surface area contributed by atoms with Crippen molar-refractivity contribution < 1.29 is 14.6 Å². The molecular formula is C13H18BrNO3. The van der Waals surface area contributed by atoms with Crippen LogP contribution in [-0.4, -0.2) is 31.3 Å². The Kier molecular flexibility index (Phi) is 5.16. The van der Waals surface area contributed by atoms with Gasteiger partial charge in [-0.1, -0.05) is 29.8 Å². The Morgan fingerprint density at radius 1 is 1.50 bits per heavy atom. The van der Waals surface area contributed by atoms with E-state index < -0.39 is 0 Å². The Labute approximate surface area is 115 Å². The number of halogens is 1. The molecule has 0 atom stereocenters. The first kappa shape index (κ1) is 15.0. The second kappa shape index (κ2) is 6.20. The predicted octanol–water partition coefficient (Wildman–Crippen LogP) is 2.21. The van der Waals surface area contributed by atoms with Crippen molar-refractivity contribution in [2.75, 3.05) is 20.3 Å². The van der Waals surface area contributed by atoms with Crippen molar-refractivity contribution in [2.24, 2.45) is 5.41 Å². The van der Waals surface area contributed by atoms with Crippen molar-refractivity contribution in [2.45, 2.75) is 13.8 Å². The van der Waals surface area contributed by atoms with Crippen molar-refractivity contribution in [3.8, 4) is 5.75 Å². The molecule has 0 bridgehead atoms. The smallest absolute Gasteiger partial charge is 0.255 e. The van der Waals surface area contributed by atoms with Crippen LogP contribution in [0, 0.1) is 5.41 Å². The minimum absolute atomic E-state index is 0.0186. The van der Waals surface area contributed by atoms with Crippen molar-refractivity contribution in [3.63, 3.8) is 0 Å². The average Bonchev–Trinajstić information content (AvgIpc) is 2.36. The van der Waals surface area contributed by atoms with E-state index in [0.717, 1.165) is 4.47 Å². The quantitative estimate of drug-likeness (QED) is 0.875. The van der Waals surface area contributed by atoms with Crippen LogP contribution in [0.25, 0.3) is 0 Å². The van der Waals surface area contributed by atoms with Gasteiger partial charge in [-0.25, -0.2) is 0 Å². The predicted molar refractivity (Wildman–Crippen MR) is 73.9 cm³/mol. The zero-order valence-corrected chi connectivity index (χ0v) is 12.4. The van der Waals surface area contributed by atoms with Gasteiger partial charge in [-0.3, -0.25) is 4.79 Å². The molecule has 0 aliphatic rings. The summed E-state index contributed by atoms with van der Waals surface area (Å²) in [5.41, 5.74) is 0.146. The third kappa shape index (κ3) is 3.99. The van der Waals surface area contributed by atoms with E-state index in [1.807, 2.05) is 13.8 Å². The van der Waals surface area contributed by atoms with Crippen LogP contribution in [-0.2, 0) is 0 Å². The molecule has 0 saturated carbocycles. The summed E-state index contributed by atoms with van der Waals surface area (Å²) in [5.74, 6) is 0.310. The first-order valence-corrected chi connectivity index (χ1v) is 6.41. The van der Waals surface area contributed by atoms with E-state index in [2.05, 4.69) is 21.2 Å². The molecule has 0 saturated heterocycles. The third-order valence-corrected chi connectivity index (χ3v) is 3.06. The van der Waals surface area contributed by atoms with Gasteiger partial charge in [-0.05, 0) is 18.2 Å². The summed E-state index contributed by atoms with van der Waals surface area (Å²) in [6.45, 7) is 4.19. The molecule has 1 aromatic rings. The van der Waals surface area contributed by atoms with E-state index in [9.17, 15) is 4.79 Å². The van der Waals surface area contributed by atoms with Crippen LogP contribution in [0.2, 0.25) is 0 Å². The number of ether oxygens (including phenoxy) is 1. The highest BCUT2D eigenvalue weighted by atomic mass is 79.9. The molecule has 0 heterocycles. The maximum absolute atomic E-state index is 12.0. The van der Waals surface area contributed by atoms with E-state index >= 15 is 0 Å². The van der Waals surface area contributed by atoms with E-state index in [-0.39, 0.29) is 17.9 Å². The van der Waals surface area contributed by atoms with E-state index in [1.165, 1.54) is 7.11 Å². The van der Waals surface area contributed by atoms with E-state index in [1.54, 1.807) is 18.2 Å². The number of aliphatic hydroxyl groups is 1. The second-order valence-corrected chi connectivity index (χ2v) is 5.77. The molecule has 4 nitrogen and oxygen atoms in total. The number of nitrogens with one attached hydrogen (secondary N) is 1. The zero-order valence-electron chi connectivity index (χ0n) is 10.8.